The third kappa shape index (κ3) is 4.11. The SMILES string of the molecule is CCCOc1ccc(N2C(=O)C[C@H]([NH+]3CCN(c4ccc(O)cc4)CC3)C2=O)cc1. The second-order valence-corrected chi connectivity index (χ2v) is 7.83. The Balaban J connectivity index is 1.39. The van der Waals surface area contributed by atoms with Crippen molar-refractivity contribution in [1.82, 2.24) is 0 Å². The van der Waals surface area contributed by atoms with Gasteiger partial charge in [-0.3, -0.25) is 9.59 Å². The Kier molecular flexibility index (Phi) is 5.90. The average molecular weight is 410 g/mol. The first-order valence-corrected chi connectivity index (χ1v) is 10.5. The molecule has 2 aromatic carbocycles. The van der Waals surface area contributed by atoms with Gasteiger partial charge in [0.1, 0.15) is 11.5 Å². The summed E-state index contributed by atoms with van der Waals surface area (Å²) in [5, 5.41) is 9.46. The Morgan fingerprint density at radius 1 is 1.00 bits per heavy atom. The molecule has 2 fully saturated rings. The van der Waals surface area contributed by atoms with E-state index in [4.69, 9.17) is 4.74 Å². The summed E-state index contributed by atoms with van der Waals surface area (Å²) < 4.78 is 5.58. The molecule has 0 unspecified atom stereocenters. The lowest BCUT2D eigenvalue weighted by Crippen LogP contribution is -3.19. The van der Waals surface area contributed by atoms with Gasteiger partial charge in [-0.25, -0.2) is 4.90 Å². The van der Waals surface area contributed by atoms with Crippen LogP contribution >= 0.6 is 0 Å². The highest BCUT2D eigenvalue weighted by Gasteiger charge is 2.46. The number of imide groups is 1. The minimum Gasteiger partial charge on any atom is -0.508 e. The number of phenolic OH excluding ortho intramolecular Hbond substituents is 1. The number of nitrogens with zero attached hydrogens (tertiary/aromatic N) is 2. The Labute approximate surface area is 176 Å². The number of quaternary nitrogens is 1. The predicted molar refractivity (Wildman–Crippen MR) is 114 cm³/mol. The molecular formula is C23H28N3O4+. The number of ether oxygens (including phenoxy) is 1. The molecule has 0 aromatic heterocycles. The van der Waals surface area contributed by atoms with E-state index in [0.29, 0.717) is 12.3 Å². The summed E-state index contributed by atoms with van der Waals surface area (Å²) in [5.74, 6) is 0.742. The van der Waals surface area contributed by atoms with Crippen molar-refractivity contribution in [2.24, 2.45) is 0 Å². The summed E-state index contributed by atoms with van der Waals surface area (Å²) in [6, 6.07) is 14.0. The number of hydrogen-bond acceptors (Lipinski definition) is 5. The molecule has 1 atom stereocenters. The van der Waals surface area contributed by atoms with Crippen LogP contribution in [0.25, 0.3) is 0 Å². The van der Waals surface area contributed by atoms with Gasteiger partial charge in [-0.1, -0.05) is 6.92 Å². The van der Waals surface area contributed by atoms with Gasteiger partial charge in [0, 0.05) is 5.69 Å². The van der Waals surface area contributed by atoms with Crippen molar-refractivity contribution < 1.29 is 24.3 Å². The zero-order chi connectivity index (χ0) is 21.1. The largest absolute Gasteiger partial charge is 0.508 e. The van der Waals surface area contributed by atoms with Gasteiger partial charge in [0.15, 0.2) is 6.04 Å². The van der Waals surface area contributed by atoms with E-state index in [-0.39, 0.29) is 30.0 Å². The molecule has 0 aliphatic carbocycles. The quantitative estimate of drug-likeness (QED) is 0.701. The van der Waals surface area contributed by atoms with Gasteiger partial charge in [-0.05, 0) is 55.0 Å². The lowest BCUT2D eigenvalue weighted by molar-refractivity contribution is -0.915. The molecule has 4 rings (SSSR count). The van der Waals surface area contributed by atoms with Gasteiger partial charge in [0.05, 0.1) is 44.9 Å². The van der Waals surface area contributed by atoms with Crippen LogP contribution in [0, 0.1) is 0 Å². The maximum Gasteiger partial charge on any atom is 0.292 e. The molecule has 30 heavy (non-hydrogen) atoms. The first kappa shape index (κ1) is 20.2. The van der Waals surface area contributed by atoms with Crippen LogP contribution < -0.4 is 19.4 Å². The molecule has 2 aliphatic rings. The van der Waals surface area contributed by atoms with Crippen molar-refractivity contribution in [3.63, 3.8) is 0 Å². The highest BCUT2D eigenvalue weighted by Crippen LogP contribution is 2.25. The fourth-order valence-electron chi connectivity index (χ4n) is 4.20. The van der Waals surface area contributed by atoms with Crippen molar-refractivity contribution in [1.29, 1.82) is 0 Å². The lowest BCUT2D eigenvalue weighted by atomic mass is 10.1. The summed E-state index contributed by atoms with van der Waals surface area (Å²) in [4.78, 5) is 30.4. The van der Waals surface area contributed by atoms with E-state index in [1.54, 1.807) is 24.3 Å². The zero-order valence-electron chi connectivity index (χ0n) is 17.2. The van der Waals surface area contributed by atoms with Gasteiger partial charge >= 0.3 is 0 Å². The number of aromatic hydroxyl groups is 1. The van der Waals surface area contributed by atoms with Crippen LogP contribution in [0.15, 0.2) is 48.5 Å². The third-order valence-electron chi connectivity index (χ3n) is 5.83. The first-order valence-electron chi connectivity index (χ1n) is 10.5. The Morgan fingerprint density at radius 3 is 2.27 bits per heavy atom. The zero-order valence-corrected chi connectivity index (χ0v) is 17.2. The van der Waals surface area contributed by atoms with E-state index in [0.717, 1.165) is 48.9 Å². The predicted octanol–water partition coefficient (Wildman–Crippen LogP) is 1.22. The van der Waals surface area contributed by atoms with Crippen molar-refractivity contribution in [2.75, 3.05) is 42.6 Å². The highest BCUT2D eigenvalue weighted by atomic mass is 16.5. The topological polar surface area (TPSA) is 74.5 Å². The molecule has 158 valence electrons. The van der Waals surface area contributed by atoms with Crippen LogP contribution in [-0.4, -0.2) is 55.7 Å². The van der Waals surface area contributed by atoms with Crippen molar-refractivity contribution in [3.8, 4) is 11.5 Å². The lowest BCUT2D eigenvalue weighted by Gasteiger charge is -2.35. The van der Waals surface area contributed by atoms with E-state index in [2.05, 4.69) is 4.90 Å². The molecule has 7 nitrogen and oxygen atoms in total. The monoisotopic (exact) mass is 410 g/mol. The van der Waals surface area contributed by atoms with Gasteiger partial charge in [0.2, 0.25) is 5.91 Å². The normalized spacial score (nSPS) is 20.1. The number of benzene rings is 2. The summed E-state index contributed by atoms with van der Waals surface area (Å²) >= 11 is 0. The molecule has 2 N–H and O–H groups in total. The van der Waals surface area contributed by atoms with Crippen LogP contribution in [0.1, 0.15) is 19.8 Å². The molecule has 2 saturated heterocycles. The number of piperazine rings is 1. The van der Waals surface area contributed by atoms with Crippen LogP contribution in [0.4, 0.5) is 11.4 Å². The number of nitrogens with one attached hydrogen (secondary N) is 1. The standard InChI is InChI=1S/C23H27N3O4/c1-2-15-30-20-9-5-18(6-10-20)26-22(28)16-21(23(26)29)25-13-11-24(12-14-25)17-3-7-19(27)8-4-17/h3-10,21,27H,2,11-16H2,1H3/p+1/t21-/m0/s1. The summed E-state index contributed by atoms with van der Waals surface area (Å²) in [7, 11) is 0. The van der Waals surface area contributed by atoms with Crippen LogP contribution in [-0.2, 0) is 9.59 Å². The summed E-state index contributed by atoms with van der Waals surface area (Å²) in [6.07, 6.45) is 1.18. The fourth-order valence-corrected chi connectivity index (χ4v) is 4.20. The number of carbonyl (C=O) groups excluding carboxylic acids is 2. The first-order chi connectivity index (χ1) is 14.6. The van der Waals surface area contributed by atoms with Crippen molar-refractivity contribution in [3.05, 3.63) is 48.5 Å². The molecule has 2 heterocycles. The second-order valence-electron chi connectivity index (χ2n) is 7.83. The van der Waals surface area contributed by atoms with Gasteiger partial charge in [-0.2, -0.15) is 0 Å². The molecule has 0 spiro atoms. The summed E-state index contributed by atoms with van der Waals surface area (Å²) in [6.45, 7) is 5.89. The van der Waals surface area contributed by atoms with Crippen molar-refractivity contribution in [2.45, 2.75) is 25.8 Å². The molecule has 2 amide bonds. The van der Waals surface area contributed by atoms with Crippen LogP contribution in [0.2, 0.25) is 0 Å². The third-order valence-corrected chi connectivity index (χ3v) is 5.83. The summed E-state index contributed by atoms with van der Waals surface area (Å²) in [5.41, 5.74) is 1.67. The molecular weight excluding hydrogens is 382 g/mol. The number of anilines is 2. The number of carbonyl (C=O) groups is 2. The Hall–Kier alpha value is -3.06. The fraction of sp³-hybridized carbons (Fsp3) is 0.391. The van der Waals surface area contributed by atoms with E-state index < -0.39 is 0 Å². The molecule has 0 saturated carbocycles. The smallest absolute Gasteiger partial charge is 0.292 e. The maximum absolute atomic E-state index is 13.1. The van der Waals surface area contributed by atoms with Crippen LogP contribution in [0.3, 0.4) is 0 Å². The molecule has 0 radical (unpaired) electrons. The van der Waals surface area contributed by atoms with E-state index in [1.165, 1.54) is 4.90 Å². The number of hydrogen-bond donors (Lipinski definition) is 2. The van der Waals surface area contributed by atoms with Crippen molar-refractivity contribution >= 4 is 23.2 Å². The molecule has 2 aromatic rings. The molecule has 0 bridgehead atoms. The Morgan fingerprint density at radius 2 is 1.63 bits per heavy atom. The van der Waals surface area contributed by atoms with E-state index in [1.807, 2.05) is 31.2 Å². The van der Waals surface area contributed by atoms with Gasteiger partial charge in [-0.15, -0.1) is 0 Å². The maximum atomic E-state index is 13.1. The highest BCUT2D eigenvalue weighted by molar-refractivity contribution is 6.21. The second kappa shape index (κ2) is 8.75. The van der Waals surface area contributed by atoms with E-state index >= 15 is 0 Å². The number of phenols is 1. The van der Waals surface area contributed by atoms with Crippen LogP contribution in [0.5, 0.6) is 11.5 Å². The number of rotatable bonds is 6. The van der Waals surface area contributed by atoms with Gasteiger partial charge in [0.25, 0.3) is 5.91 Å². The van der Waals surface area contributed by atoms with Gasteiger partial charge < -0.3 is 19.6 Å². The minimum atomic E-state index is -0.324. The molecule has 7 heteroatoms. The Bertz CT molecular complexity index is 890. The minimum absolute atomic E-state index is 0.115. The number of amides is 2. The van der Waals surface area contributed by atoms with E-state index in [9.17, 15) is 14.7 Å². The molecule has 2 aliphatic heterocycles. The average Bonchev–Trinajstić information content (AvgIpc) is 3.07.